The van der Waals surface area contributed by atoms with Gasteiger partial charge in [-0.3, -0.25) is 0 Å². The lowest BCUT2D eigenvalue weighted by Gasteiger charge is -2.12. The van der Waals surface area contributed by atoms with Crippen LogP contribution in [0.1, 0.15) is 12.5 Å². The van der Waals surface area contributed by atoms with Crippen molar-refractivity contribution in [3.63, 3.8) is 0 Å². The molecule has 3 nitrogen and oxygen atoms in total. The van der Waals surface area contributed by atoms with E-state index in [0.717, 1.165) is 16.5 Å². The number of hydrogen-bond acceptors (Lipinski definition) is 2. The lowest BCUT2D eigenvalue weighted by atomic mass is 10.0. The first kappa shape index (κ1) is 10.2. The van der Waals surface area contributed by atoms with Crippen LogP contribution in [0, 0.1) is 5.92 Å². The number of aromatic nitrogens is 1. The standard InChI is InChI=1S/C12H15NO2/c1-8(12(14)15)6-9-7-13-11-5-3-2-4-10(9)11/h2-5,7-8,12-15H,6H2,1H3. The molecule has 3 heteroatoms. The van der Waals surface area contributed by atoms with E-state index in [2.05, 4.69) is 4.98 Å². The highest BCUT2D eigenvalue weighted by Gasteiger charge is 2.13. The van der Waals surface area contributed by atoms with Crippen LogP contribution >= 0.6 is 0 Å². The number of hydrogen-bond donors (Lipinski definition) is 3. The minimum absolute atomic E-state index is 0.149. The molecule has 0 aliphatic heterocycles. The van der Waals surface area contributed by atoms with E-state index in [1.165, 1.54) is 0 Å². The van der Waals surface area contributed by atoms with E-state index in [1.54, 1.807) is 0 Å². The van der Waals surface area contributed by atoms with Gasteiger partial charge >= 0.3 is 0 Å². The van der Waals surface area contributed by atoms with Crippen molar-refractivity contribution in [1.29, 1.82) is 0 Å². The number of H-pyrrole nitrogens is 1. The molecule has 3 N–H and O–H groups in total. The summed E-state index contributed by atoms with van der Waals surface area (Å²) in [5.74, 6) is -0.149. The smallest absolute Gasteiger partial charge is 0.154 e. The fourth-order valence-corrected chi connectivity index (χ4v) is 1.75. The van der Waals surface area contributed by atoms with Crippen molar-refractivity contribution in [2.75, 3.05) is 0 Å². The first-order chi connectivity index (χ1) is 7.18. The second kappa shape index (κ2) is 4.04. The van der Waals surface area contributed by atoms with Crippen molar-refractivity contribution in [2.24, 2.45) is 5.92 Å². The Morgan fingerprint density at radius 2 is 2.00 bits per heavy atom. The Bertz CT molecular complexity index is 448. The van der Waals surface area contributed by atoms with Crippen LogP contribution in [-0.4, -0.2) is 21.5 Å². The normalized spacial score (nSPS) is 13.6. The van der Waals surface area contributed by atoms with Gasteiger partial charge in [-0.05, 0) is 18.1 Å². The van der Waals surface area contributed by atoms with Gasteiger partial charge in [-0.15, -0.1) is 0 Å². The van der Waals surface area contributed by atoms with Crippen molar-refractivity contribution < 1.29 is 10.2 Å². The van der Waals surface area contributed by atoms with E-state index < -0.39 is 6.29 Å². The number of para-hydroxylation sites is 1. The zero-order valence-electron chi connectivity index (χ0n) is 8.64. The molecular formula is C12H15NO2. The maximum absolute atomic E-state index is 9.04. The fraction of sp³-hybridized carbons (Fsp3) is 0.333. The van der Waals surface area contributed by atoms with Crippen LogP contribution in [0.3, 0.4) is 0 Å². The Morgan fingerprint density at radius 3 is 2.73 bits per heavy atom. The number of fused-ring (bicyclic) bond motifs is 1. The van der Waals surface area contributed by atoms with Gasteiger partial charge in [0.15, 0.2) is 6.29 Å². The molecule has 2 aromatic rings. The molecule has 0 amide bonds. The van der Waals surface area contributed by atoms with Gasteiger partial charge in [0.1, 0.15) is 0 Å². The molecular weight excluding hydrogens is 190 g/mol. The van der Waals surface area contributed by atoms with Crippen molar-refractivity contribution in [3.8, 4) is 0 Å². The minimum Gasteiger partial charge on any atom is -0.368 e. The highest BCUT2D eigenvalue weighted by molar-refractivity contribution is 5.83. The van der Waals surface area contributed by atoms with Gasteiger partial charge in [-0.2, -0.15) is 0 Å². The molecule has 1 aromatic carbocycles. The van der Waals surface area contributed by atoms with Gasteiger partial charge in [-0.1, -0.05) is 25.1 Å². The third-order valence-corrected chi connectivity index (χ3v) is 2.73. The van der Waals surface area contributed by atoms with Crippen molar-refractivity contribution >= 4 is 10.9 Å². The Balaban J connectivity index is 2.29. The molecule has 1 aromatic heterocycles. The molecule has 1 atom stereocenters. The predicted molar refractivity (Wildman–Crippen MR) is 59.4 cm³/mol. The Hall–Kier alpha value is -1.32. The largest absolute Gasteiger partial charge is 0.368 e. The third kappa shape index (κ3) is 2.03. The van der Waals surface area contributed by atoms with Gasteiger partial charge in [0, 0.05) is 23.0 Å². The summed E-state index contributed by atoms with van der Waals surface area (Å²) in [4.78, 5) is 3.17. The van der Waals surface area contributed by atoms with Crippen LogP contribution < -0.4 is 0 Å². The molecule has 1 heterocycles. The van der Waals surface area contributed by atoms with Crippen molar-refractivity contribution in [3.05, 3.63) is 36.0 Å². The highest BCUT2D eigenvalue weighted by Crippen LogP contribution is 2.21. The van der Waals surface area contributed by atoms with Gasteiger partial charge in [0.2, 0.25) is 0 Å². The maximum atomic E-state index is 9.04. The van der Waals surface area contributed by atoms with Crippen LogP contribution in [0.4, 0.5) is 0 Å². The number of nitrogens with one attached hydrogen (secondary N) is 1. The fourth-order valence-electron chi connectivity index (χ4n) is 1.75. The van der Waals surface area contributed by atoms with Crippen molar-refractivity contribution in [2.45, 2.75) is 19.6 Å². The van der Waals surface area contributed by atoms with E-state index in [0.29, 0.717) is 6.42 Å². The highest BCUT2D eigenvalue weighted by atomic mass is 16.5. The maximum Gasteiger partial charge on any atom is 0.154 e. The zero-order chi connectivity index (χ0) is 10.8. The number of benzene rings is 1. The molecule has 0 radical (unpaired) electrons. The number of aliphatic hydroxyl groups is 2. The first-order valence-electron chi connectivity index (χ1n) is 5.09. The van der Waals surface area contributed by atoms with E-state index in [1.807, 2.05) is 37.4 Å². The Kier molecular flexibility index (Phi) is 2.75. The summed E-state index contributed by atoms with van der Waals surface area (Å²) in [5.41, 5.74) is 2.22. The average molecular weight is 205 g/mol. The van der Waals surface area contributed by atoms with Gasteiger partial charge in [0.05, 0.1) is 0 Å². The molecule has 0 spiro atoms. The summed E-state index contributed by atoms with van der Waals surface area (Å²) >= 11 is 0. The lowest BCUT2D eigenvalue weighted by Crippen LogP contribution is -2.18. The molecule has 2 rings (SSSR count). The lowest BCUT2D eigenvalue weighted by molar-refractivity contribution is -0.0779. The monoisotopic (exact) mass is 205 g/mol. The van der Waals surface area contributed by atoms with E-state index in [4.69, 9.17) is 10.2 Å². The molecule has 0 aliphatic carbocycles. The molecule has 80 valence electrons. The number of rotatable bonds is 3. The van der Waals surface area contributed by atoms with E-state index in [9.17, 15) is 0 Å². The van der Waals surface area contributed by atoms with E-state index in [-0.39, 0.29) is 5.92 Å². The zero-order valence-corrected chi connectivity index (χ0v) is 8.64. The summed E-state index contributed by atoms with van der Waals surface area (Å²) in [6.07, 6.45) is 1.35. The van der Waals surface area contributed by atoms with Crippen LogP contribution in [-0.2, 0) is 6.42 Å². The molecule has 1 unspecified atom stereocenters. The van der Waals surface area contributed by atoms with Gasteiger partial charge < -0.3 is 15.2 Å². The summed E-state index contributed by atoms with van der Waals surface area (Å²) in [6.45, 7) is 1.83. The molecule has 0 bridgehead atoms. The molecule has 0 fully saturated rings. The van der Waals surface area contributed by atoms with E-state index >= 15 is 0 Å². The number of aliphatic hydroxyl groups excluding tert-OH is 1. The first-order valence-corrected chi connectivity index (χ1v) is 5.09. The average Bonchev–Trinajstić information content (AvgIpc) is 2.62. The SMILES string of the molecule is CC(Cc1c[nH]c2ccccc12)C(O)O. The summed E-state index contributed by atoms with van der Waals surface area (Å²) in [5, 5.41) is 19.2. The molecule has 0 saturated heterocycles. The van der Waals surface area contributed by atoms with Crippen LogP contribution in [0.5, 0.6) is 0 Å². The van der Waals surface area contributed by atoms with Gasteiger partial charge in [-0.25, -0.2) is 0 Å². The second-order valence-corrected chi connectivity index (χ2v) is 3.95. The topological polar surface area (TPSA) is 56.2 Å². The minimum atomic E-state index is -1.25. The van der Waals surface area contributed by atoms with Gasteiger partial charge in [0.25, 0.3) is 0 Å². The quantitative estimate of drug-likeness (QED) is 0.667. The summed E-state index contributed by atoms with van der Waals surface area (Å²) < 4.78 is 0. The van der Waals surface area contributed by atoms with Crippen LogP contribution in [0.2, 0.25) is 0 Å². The third-order valence-electron chi connectivity index (χ3n) is 2.73. The summed E-state index contributed by atoms with van der Waals surface area (Å²) in [6, 6.07) is 8.02. The van der Waals surface area contributed by atoms with Crippen molar-refractivity contribution in [1.82, 2.24) is 4.98 Å². The summed E-state index contributed by atoms with van der Waals surface area (Å²) in [7, 11) is 0. The van der Waals surface area contributed by atoms with Crippen LogP contribution in [0.15, 0.2) is 30.5 Å². The number of aromatic amines is 1. The molecule has 0 saturated carbocycles. The van der Waals surface area contributed by atoms with Crippen LogP contribution in [0.25, 0.3) is 10.9 Å². The Labute approximate surface area is 88.4 Å². The molecule has 15 heavy (non-hydrogen) atoms. The predicted octanol–water partition coefficient (Wildman–Crippen LogP) is 1.66. The Morgan fingerprint density at radius 1 is 1.27 bits per heavy atom. The molecule has 0 aliphatic rings. The second-order valence-electron chi connectivity index (χ2n) is 3.95.